The van der Waals surface area contributed by atoms with Gasteiger partial charge >= 0.3 is 5.97 Å². The van der Waals surface area contributed by atoms with Gasteiger partial charge in [0.05, 0.1) is 6.26 Å². The molecule has 4 rings (SSSR count). The highest BCUT2D eigenvalue weighted by atomic mass is 16.5. The monoisotopic (exact) mass is 364 g/mol. The van der Waals surface area contributed by atoms with E-state index in [1.807, 2.05) is 30.3 Å². The Bertz CT molecular complexity index is 910. The molecule has 1 aromatic carbocycles. The van der Waals surface area contributed by atoms with Crippen LogP contribution in [0.25, 0.3) is 23.2 Å². The molecule has 1 fully saturated rings. The van der Waals surface area contributed by atoms with Crippen molar-refractivity contribution < 1.29 is 13.9 Å². The summed E-state index contributed by atoms with van der Waals surface area (Å²) >= 11 is 0. The maximum absolute atomic E-state index is 13.0. The predicted octanol–water partition coefficient (Wildman–Crippen LogP) is 3.81. The van der Waals surface area contributed by atoms with E-state index in [4.69, 9.17) is 9.15 Å². The summed E-state index contributed by atoms with van der Waals surface area (Å²) in [7, 11) is 0. The number of benzene rings is 1. The van der Waals surface area contributed by atoms with E-state index in [1.54, 1.807) is 24.5 Å². The van der Waals surface area contributed by atoms with Crippen LogP contribution < -0.4 is 0 Å². The van der Waals surface area contributed by atoms with E-state index in [0.717, 1.165) is 31.2 Å². The first-order valence-electron chi connectivity index (χ1n) is 9.11. The molecule has 1 saturated carbocycles. The molecule has 1 aliphatic rings. The van der Waals surface area contributed by atoms with Crippen LogP contribution in [0.3, 0.4) is 0 Å². The number of tetrazole rings is 1. The largest absolute Gasteiger partial charge is 0.465 e. The Kier molecular flexibility index (Phi) is 5.09. The zero-order chi connectivity index (χ0) is 18.5. The van der Waals surface area contributed by atoms with Gasteiger partial charge < -0.3 is 9.15 Å². The van der Waals surface area contributed by atoms with Crippen LogP contribution >= 0.6 is 0 Å². The van der Waals surface area contributed by atoms with Gasteiger partial charge in [-0.3, -0.25) is 0 Å². The first-order valence-corrected chi connectivity index (χ1v) is 9.11. The second-order valence-electron chi connectivity index (χ2n) is 6.49. The Morgan fingerprint density at radius 3 is 2.67 bits per heavy atom. The molecule has 2 heterocycles. The van der Waals surface area contributed by atoms with Crippen molar-refractivity contribution in [3.8, 4) is 11.4 Å². The smallest absolute Gasteiger partial charge is 0.357 e. The number of hydrogen-bond donors (Lipinski definition) is 0. The summed E-state index contributed by atoms with van der Waals surface area (Å²) in [5.41, 5.74) is 1.03. The SMILES string of the molecule is O=C(OC1CCCCC1)/C(=C/c1ccco1)n1nnnc1-c1ccccc1. The fourth-order valence-corrected chi connectivity index (χ4v) is 3.23. The van der Waals surface area contributed by atoms with Crippen molar-refractivity contribution in [1.29, 1.82) is 0 Å². The third-order valence-corrected chi connectivity index (χ3v) is 4.59. The molecule has 7 nitrogen and oxygen atoms in total. The van der Waals surface area contributed by atoms with Crippen molar-refractivity contribution >= 4 is 17.7 Å². The molecule has 0 bridgehead atoms. The Hall–Kier alpha value is -3.22. The normalized spacial score (nSPS) is 15.6. The molecule has 0 spiro atoms. The van der Waals surface area contributed by atoms with Gasteiger partial charge in [-0.1, -0.05) is 36.8 Å². The van der Waals surface area contributed by atoms with Gasteiger partial charge in [0.1, 0.15) is 11.9 Å². The van der Waals surface area contributed by atoms with Crippen LogP contribution in [0.2, 0.25) is 0 Å². The van der Waals surface area contributed by atoms with E-state index in [1.165, 1.54) is 11.1 Å². The number of esters is 1. The Morgan fingerprint density at radius 1 is 1.11 bits per heavy atom. The first-order chi connectivity index (χ1) is 13.3. The highest BCUT2D eigenvalue weighted by Gasteiger charge is 2.25. The van der Waals surface area contributed by atoms with E-state index in [-0.39, 0.29) is 11.8 Å². The average molecular weight is 364 g/mol. The van der Waals surface area contributed by atoms with Gasteiger partial charge in [0, 0.05) is 11.6 Å². The molecule has 2 aromatic heterocycles. The number of hydrogen-bond acceptors (Lipinski definition) is 6. The fraction of sp³-hybridized carbons (Fsp3) is 0.300. The lowest BCUT2D eigenvalue weighted by Gasteiger charge is -2.22. The molecule has 0 saturated heterocycles. The molecule has 138 valence electrons. The summed E-state index contributed by atoms with van der Waals surface area (Å²) in [6, 6.07) is 13.0. The molecule has 27 heavy (non-hydrogen) atoms. The quantitative estimate of drug-likeness (QED) is 0.506. The van der Waals surface area contributed by atoms with E-state index < -0.39 is 5.97 Å². The third kappa shape index (κ3) is 3.97. The zero-order valence-electron chi connectivity index (χ0n) is 14.8. The summed E-state index contributed by atoms with van der Waals surface area (Å²) in [5, 5.41) is 11.9. The molecule has 0 aliphatic heterocycles. The van der Waals surface area contributed by atoms with Crippen LogP contribution in [0, 0.1) is 0 Å². The Balaban J connectivity index is 1.69. The van der Waals surface area contributed by atoms with Crippen molar-refractivity contribution in [3.05, 3.63) is 54.5 Å². The molecule has 3 aromatic rings. The highest BCUT2D eigenvalue weighted by Crippen LogP contribution is 2.25. The number of carbonyl (C=O) groups excluding carboxylic acids is 1. The van der Waals surface area contributed by atoms with Crippen LogP contribution in [0.5, 0.6) is 0 Å². The minimum absolute atomic E-state index is 0.0668. The van der Waals surface area contributed by atoms with E-state index in [9.17, 15) is 4.79 Å². The summed E-state index contributed by atoms with van der Waals surface area (Å²) in [6.45, 7) is 0. The van der Waals surface area contributed by atoms with Gasteiger partial charge in [-0.15, -0.1) is 5.10 Å². The van der Waals surface area contributed by atoms with Gasteiger partial charge in [0.15, 0.2) is 11.5 Å². The lowest BCUT2D eigenvalue weighted by atomic mass is 9.98. The Morgan fingerprint density at radius 2 is 1.93 bits per heavy atom. The van der Waals surface area contributed by atoms with Crippen molar-refractivity contribution in [3.63, 3.8) is 0 Å². The van der Waals surface area contributed by atoms with Crippen LogP contribution in [0.1, 0.15) is 37.9 Å². The highest BCUT2D eigenvalue weighted by molar-refractivity contribution is 6.15. The minimum atomic E-state index is -0.456. The number of aromatic nitrogens is 4. The molecule has 0 N–H and O–H groups in total. The molecule has 0 unspecified atom stereocenters. The van der Waals surface area contributed by atoms with Crippen LogP contribution in [0.4, 0.5) is 0 Å². The minimum Gasteiger partial charge on any atom is -0.465 e. The average Bonchev–Trinajstić information content (AvgIpc) is 3.39. The number of ether oxygens (including phenoxy) is 1. The number of nitrogens with zero attached hydrogens (tertiary/aromatic N) is 4. The maximum Gasteiger partial charge on any atom is 0.357 e. The van der Waals surface area contributed by atoms with Crippen molar-refractivity contribution in [2.75, 3.05) is 0 Å². The lowest BCUT2D eigenvalue weighted by molar-refractivity contribution is -0.143. The standard InChI is InChI=1S/C20H20N4O3/c25-20(27-16-10-5-2-6-11-16)18(14-17-12-7-13-26-17)24-19(21-22-23-24)15-8-3-1-4-9-15/h1,3-4,7-9,12-14,16H,2,5-6,10-11H2/b18-14-. The zero-order valence-corrected chi connectivity index (χ0v) is 14.8. The van der Waals surface area contributed by atoms with Gasteiger partial charge in [0.25, 0.3) is 0 Å². The molecule has 0 radical (unpaired) electrons. The molecular weight excluding hydrogens is 344 g/mol. The molecular formula is C20H20N4O3. The van der Waals surface area contributed by atoms with Crippen molar-refractivity contribution in [2.24, 2.45) is 0 Å². The topological polar surface area (TPSA) is 83.0 Å². The van der Waals surface area contributed by atoms with E-state index in [2.05, 4.69) is 15.5 Å². The van der Waals surface area contributed by atoms with Crippen molar-refractivity contribution in [2.45, 2.75) is 38.2 Å². The molecule has 7 heteroatoms. The van der Waals surface area contributed by atoms with Gasteiger partial charge in [0.2, 0.25) is 0 Å². The maximum atomic E-state index is 13.0. The number of rotatable bonds is 5. The second-order valence-corrected chi connectivity index (χ2v) is 6.49. The van der Waals surface area contributed by atoms with Gasteiger partial charge in [-0.2, -0.15) is 4.68 Å². The fourth-order valence-electron chi connectivity index (χ4n) is 3.23. The van der Waals surface area contributed by atoms with E-state index >= 15 is 0 Å². The third-order valence-electron chi connectivity index (χ3n) is 4.59. The van der Waals surface area contributed by atoms with Crippen LogP contribution in [-0.2, 0) is 9.53 Å². The second kappa shape index (κ2) is 7.99. The predicted molar refractivity (Wildman–Crippen MR) is 99.1 cm³/mol. The molecule has 0 atom stereocenters. The first kappa shape index (κ1) is 17.2. The summed E-state index contributed by atoms with van der Waals surface area (Å²) < 4.78 is 12.5. The summed E-state index contributed by atoms with van der Waals surface area (Å²) in [6.07, 6.45) is 8.21. The summed E-state index contributed by atoms with van der Waals surface area (Å²) in [5.74, 6) is 0.539. The lowest BCUT2D eigenvalue weighted by Crippen LogP contribution is -2.23. The van der Waals surface area contributed by atoms with Gasteiger partial charge in [-0.25, -0.2) is 4.79 Å². The van der Waals surface area contributed by atoms with E-state index in [0.29, 0.717) is 11.6 Å². The number of furan rings is 1. The van der Waals surface area contributed by atoms with Crippen LogP contribution in [0.15, 0.2) is 53.1 Å². The molecule has 0 amide bonds. The Labute approximate surface area is 156 Å². The summed E-state index contributed by atoms with van der Waals surface area (Å²) in [4.78, 5) is 13.0. The van der Waals surface area contributed by atoms with Crippen LogP contribution in [-0.4, -0.2) is 32.3 Å². The van der Waals surface area contributed by atoms with Crippen molar-refractivity contribution in [1.82, 2.24) is 20.2 Å². The molecule has 1 aliphatic carbocycles. The van der Waals surface area contributed by atoms with Gasteiger partial charge in [-0.05, 0) is 48.2 Å². The number of carbonyl (C=O) groups is 1.